The monoisotopic (exact) mass is 208 g/mol. The van der Waals surface area contributed by atoms with Crippen LogP contribution in [0.5, 0.6) is 0 Å². The number of allylic oxidation sites excluding steroid dienone is 3. The first kappa shape index (κ1) is 12.9. The van der Waals surface area contributed by atoms with Gasteiger partial charge in [0, 0.05) is 21.1 Å². The van der Waals surface area contributed by atoms with Gasteiger partial charge in [0.25, 0.3) is 0 Å². The molecule has 0 unspecified atom stereocenters. The van der Waals surface area contributed by atoms with Crippen molar-refractivity contribution in [1.29, 1.82) is 0 Å². The Bertz CT molecular complexity index is 239. The van der Waals surface area contributed by atoms with Crippen molar-refractivity contribution in [2.75, 3.05) is 21.1 Å². The van der Waals surface area contributed by atoms with Crippen LogP contribution >= 0.6 is 0 Å². The lowest BCUT2D eigenvalue weighted by Crippen LogP contribution is -2.29. The summed E-state index contributed by atoms with van der Waals surface area (Å²) >= 11 is 0. The molecule has 0 fully saturated rings. The molecule has 0 saturated heterocycles. The van der Waals surface area contributed by atoms with Gasteiger partial charge in [-0.05, 0) is 13.0 Å². The van der Waals surface area contributed by atoms with Gasteiger partial charge in [-0.3, -0.25) is 0 Å². The molecule has 0 saturated carbocycles. The van der Waals surface area contributed by atoms with Gasteiger partial charge in [0.2, 0.25) is 0 Å². The zero-order chi connectivity index (χ0) is 11.4. The van der Waals surface area contributed by atoms with Crippen LogP contribution in [0.3, 0.4) is 0 Å². The fraction of sp³-hybridized carbons (Fsp3) is 0.556. The average molecular weight is 208 g/mol. The fourth-order valence-corrected chi connectivity index (χ4v) is 1.09. The Morgan fingerprint density at radius 2 is 1.79 bits per heavy atom. The lowest BCUT2D eigenvalue weighted by molar-refractivity contribution is -0.108. The summed E-state index contributed by atoms with van der Waals surface area (Å²) in [6.45, 7) is 1.67. The molecule has 0 amide bonds. The van der Waals surface area contributed by atoms with Crippen LogP contribution in [0.15, 0.2) is 23.5 Å². The summed E-state index contributed by atoms with van der Waals surface area (Å²) in [6, 6.07) is 0. The highest BCUT2D eigenvalue weighted by atomic mass is 19.4. The van der Waals surface area contributed by atoms with E-state index in [2.05, 4.69) is 5.32 Å². The van der Waals surface area contributed by atoms with E-state index in [0.717, 1.165) is 4.90 Å². The van der Waals surface area contributed by atoms with Crippen LogP contribution in [0.1, 0.15) is 6.92 Å². The number of nitrogens with zero attached hydrogens (tertiary/aromatic N) is 1. The van der Waals surface area contributed by atoms with Crippen LogP contribution in [0.2, 0.25) is 0 Å². The number of nitrogens with one attached hydrogen (secondary N) is 1. The van der Waals surface area contributed by atoms with Gasteiger partial charge in [-0.25, -0.2) is 0 Å². The third kappa shape index (κ3) is 3.32. The van der Waals surface area contributed by atoms with Crippen molar-refractivity contribution in [2.24, 2.45) is 0 Å². The summed E-state index contributed by atoms with van der Waals surface area (Å²) in [6.07, 6.45) is -1.40. The third-order valence-electron chi connectivity index (χ3n) is 1.57. The third-order valence-corrected chi connectivity index (χ3v) is 1.57. The number of rotatable bonds is 3. The minimum absolute atomic E-state index is 0.0602. The summed E-state index contributed by atoms with van der Waals surface area (Å²) < 4.78 is 37.7. The Morgan fingerprint density at radius 1 is 1.29 bits per heavy atom. The van der Waals surface area contributed by atoms with Crippen LogP contribution in [-0.4, -0.2) is 32.2 Å². The van der Waals surface area contributed by atoms with Crippen molar-refractivity contribution in [1.82, 2.24) is 10.2 Å². The number of hydrogen-bond acceptors (Lipinski definition) is 2. The second-order valence-corrected chi connectivity index (χ2v) is 2.90. The number of halogens is 3. The van der Waals surface area contributed by atoms with Crippen molar-refractivity contribution in [3.8, 4) is 0 Å². The molecule has 82 valence electrons. The van der Waals surface area contributed by atoms with Crippen molar-refractivity contribution < 1.29 is 13.2 Å². The standard InChI is InChI=1S/C9H15F3N2/c1-5-6-7(13-2)8(14(3)4)9(10,11)12/h5-6,13H,1-4H3/b6-5-,8-7+. The smallest absolute Gasteiger partial charge is 0.386 e. The zero-order valence-electron chi connectivity index (χ0n) is 8.74. The minimum atomic E-state index is -4.35. The quantitative estimate of drug-likeness (QED) is 0.715. The van der Waals surface area contributed by atoms with E-state index >= 15 is 0 Å². The summed E-state index contributed by atoms with van der Waals surface area (Å²) in [5, 5.41) is 2.52. The van der Waals surface area contributed by atoms with Gasteiger partial charge in [0.1, 0.15) is 5.70 Å². The molecule has 14 heavy (non-hydrogen) atoms. The normalized spacial score (nSPS) is 14.2. The molecule has 0 heterocycles. The van der Waals surface area contributed by atoms with Crippen LogP contribution < -0.4 is 5.32 Å². The van der Waals surface area contributed by atoms with Crippen LogP contribution in [0, 0.1) is 0 Å². The Balaban J connectivity index is 5.32. The van der Waals surface area contributed by atoms with Gasteiger partial charge in [-0.15, -0.1) is 0 Å². The van der Waals surface area contributed by atoms with Crippen LogP contribution in [0.25, 0.3) is 0 Å². The van der Waals surface area contributed by atoms with E-state index < -0.39 is 11.9 Å². The highest BCUT2D eigenvalue weighted by Gasteiger charge is 2.37. The van der Waals surface area contributed by atoms with E-state index in [1.54, 1.807) is 13.0 Å². The van der Waals surface area contributed by atoms with Gasteiger partial charge in [0.05, 0.1) is 5.70 Å². The first-order valence-electron chi connectivity index (χ1n) is 4.13. The SMILES string of the molecule is C/C=C\C(NC)=C(/N(C)C)C(F)(F)F. The van der Waals surface area contributed by atoms with Crippen molar-refractivity contribution >= 4 is 0 Å². The van der Waals surface area contributed by atoms with Gasteiger partial charge < -0.3 is 10.2 Å². The van der Waals surface area contributed by atoms with Crippen molar-refractivity contribution in [3.63, 3.8) is 0 Å². The molecular weight excluding hydrogens is 193 g/mol. The molecule has 0 bridgehead atoms. The number of alkyl halides is 3. The predicted molar refractivity (Wildman–Crippen MR) is 50.6 cm³/mol. The first-order chi connectivity index (χ1) is 6.34. The van der Waals surface area contributed by atoms with E-state index in [0.29, 0.717) is 0 Å². The molecule has 0 aliphatic carbocycles. The van der Waals surface area contributed by atoms with Gasteiger partial charge in [0.15, 0.2) is 0 Å². The maximum absolute atomic E-state index is 12.6. The Hall–Kier alpha value is -1.13. The average Bonchev–Trinajstić information content (AvgIpc) is 2.00. The molecule has 0 atom stereocenters. The van der Waals surface area contributed by atoms with E-state index in [1.165, 1.54) is 27.2 Å². The Kier molecular flexibility index (Phi) is 4.53. The van der Waals surface area contributed by atoms with Gasteiger partial charge in [-0.2, -0.15) is 13.2 Å². The maximum atomic E-state index is 12.6. The molecule has 0 spiro atoms. The summed E-state index contributed by atoms with van der Waals surface area (Å²) in [5.41, 5.74) is -0.622. The highest BCUT2D eigenvalue weighted by molar-refractivity contribution is 5.25. The second kappa shape index (κ2) is 4.93. The minimum Gasteiger partial charge on any atom is -0.386 e. The van der Waals surface area contributed by atoms with Crippen LogP contribution in [-0.2, 0) is 0 Å². The molecule has 0 aliphatic heterocycles. The van der Waals surface area contributed by atoms with E-state index in [-0.39, 0.29) is 5.70 Å². The van der Waals surface area contributed by atoms with Crippen LogP contribution in [0.4, 0.5) is 13.2 Å². The maximum Gasteiger partial charge on any atom is 0.433 e. The Labute approximate surface area is 82.1 Å². The molecule has 0 rings (SSSR count). The fourth-order valence-electron chi connectivity index (χ4n) is 1.09. The molecule has 5 heteroatoms. The largest absolute Gasteiger partial charge is 0.433 e. The molecule has 0 aliphatic rings. The number of likely N-dealkylation sites (N-methyl/N-ethyl adjacent to an activating group) is 1. The molecule has 0 aromatic heterocycles. The van der Waals surface area contributed by atoms with Crippen molar-refractivity contribution in [2.45, 2.75) is 13.1 Å². The van der Waals surface area contributed by atoms with E-state index in [1.807, 2.05) is 0 Å². The predicted octanol–water partition coefficient (Wildman–Crippen LogP) is 2.12. The first-order valence-corrected chi connectivity index (χ1v) is 4.13. The lowest BCUT2D eigenvalue weighted by atomic mass is 10.2. The molecular formula is C9H15F3N2. The summed E-state index contributed by atoms with van der Waals surface area (Å²) in [5.74, 6) is 0. The topological polar surface area (TPSA) is 15.3 Å². The van der Waals surface area contributed by atoms with Gasteiger partial charge >= 0.3 is 6.18 Å². The van der Waals surface area contributed by atoms with E-state index in [4.69, 9.17) is 0 Å². The molecule has 0 radical (unpaired) electrons. The van der Waals surface area contributed by atoms with Gasteiger partial charge in [-0.1, -0.05) is 6.08 Å². The molecule has 2 nitrogen and oxygen atoms in total. The lowest BCUT2D eigenvalue weighted by Gasteiger charge is -2.22. The molecule has 0 aromatic rings. The van der Waals surface area contributed by atoms with Crippen molar-refractivity contribution in [3.05, 3.63) is 23.5 Å². The second-order valence-electron chi connectivity index (χ2n) is 2.90. The Morgan fingerprint density at radius 3 is 2.00 bits per heavy atom. The van der Waals surface area contributed by atoms with E-state index in [9.17, 15) is 13.2 Å². The highest BCUT2D eigenvalue weighted by Crippen LogP contribution is 2.29. The summed E-state index contributed by atoms with van der Waals surface area (Å²) in [7, 11) is 4.19. The number of hydrogen-bond donors (Lipinski definition) is 1. The summed E-state index contributed by atoms with van der Waals surface area (Å²) in [4.78, 5) is 1.05. The molecule has 0 aromatic carbocycles. The zero-order valence-corrected chi connectivity index (χ0v) is 8.74. The molecule has 1 N–H and O–H groups in total.